The maximum absolute atomic E-state index is 12.8. The van der Waals surface area contributed by atoms with Crippen LogP contribution in [0.3, 0.4) is 0 Å². The van der Waals surface area contributed by atoms with Crippen molar-refractivity contribution in [2.75, 3.05) is 45.6 Å². The number of carbonyl (C=O) groups excluding carboxylic acids is 2. The Morgan fingerprint density at radius 3 is 2.53 bits per heavy atom. The molecule has 4 rings (SSSR count). The fourth-order valence-electron chi connectivity index (χ4n) is 4.29. The molecule has 34 heavy (non-hydrogen) atoms. The van der Waals surface area contributed by atoms with Crippen molar-refractivity contribution >= 4 is 40.3 Å². The zero-order valence-corrected chi connectivity index (χ0v) is 20.9. The number of imidazole rings is 1. The first kappa shape index (κ1) is 24.0. The molecule has 1 aliphatic rings. The highest BCUT2D eigenvalue weighted by atomic mass is 35.5. The predicted octanol–water partition coefficient (Wildman–Crippen LogP) is 4.07. The summed E-state index contributed by atoms with van der Waals surface area (Å²) in [6, 6.07) is 11.1. The second kappa shape index (κ2) is 10.0. The number of aryl methyl sites for hydroxylation is 1. The number of hydrogen-bond donors (Lipinski definition) is 1. The van der Waals surface area contributed by atoms with E-state index >= 15 is 0 Å². The Morgan fingerprint density at radius 1 is 1.12 bits per heavy atom. The van der Waals surface area contributed by atoms with Gasteiger partial charge in [0.15, 0.2) is 0 Å². The Labute approximate surface area is 205 Å². The van der Waals surface area contributed by atoms with Crippen LogP contribution in [0.25, 0.3) is 11.0 Å². The van der Waals surface area contributed by atoms with Gasteiger partial charge in [0.25, 0.3) is 5.91 Å². The number of anilines is 1. The summed E-state index contributed by atoms with van der Waals surface area (Å²) in [6.07, 6.45) is 0. The zero-order valence-electron chi connectivity index (χ0n) is 20.1. The van der Waals surface area contributed by atoms with E-state index < -0.39 is 0 Å². The Balaban J connectivity index is 1.41. The number of amides is 3. The number of carbonyl (C=O) groups is 2. The molecule has 0 spiro atoms. The average Bonchev–Trinajstić information content (AvgIpc) is 3.17. The van der Waals surface area contributed by atoms with Crippen LogP contribution in [0.15, 0.2) is 36.4 Å². The summed E-state index contributed by atoms with van der Waals surface area (Å²) >= 11 is 6.17. The van der Waals surface area contributed by atoms with Crippen LogP contribution in [0, 0.1) is 6.92 Å². The van der Waals surface area contributed by atoms with Gasteiger partial charge in [-0.2, -0.15) is 0 Å². The molecule has 180 valence electrons. The maximum Gasteiger partial charge on any atom is 0.321 e. The minimum absolute atomic E-state index is 0.0307. The molecule has 0 atom stereocenters. The first-order valence-corrected chi connectivity index (χ1v) is 11.9. The molecule has 0 unspecified atom stereocenters. The van der Waals surface area contributed by atoms with Gasteiger partial charge in [0.05, 0.1) is 17.6 Å². The van der Waals surface area contributed by atoms with E-state index in [1.165, 1.54) is 0 Å². The average molecular weight is 483 g/mol. The Morgan fingerprint density at radius 2 is 1.85 bits per heavy atom. The van der Waals surface area contributed by atoms with Gasteiger partial charge in [-0.15, -0.1) is 0 Å². The number of fused-ring (bicyclic) bond motifs is 1. The van der Waals surface area contributed by atoms with Crippen molar-refractivity contribution < 1.29 is 9.59 Å². The first-order chi connectivity index (χ1) is 16.3. The third-order valence-electron chi connectivity index (χ3n) is 6.33. The fraction of sp³-hybridized carbons (Fsp3) is 0.400. The van der Waals surface area contributed by atoms with Crippen molar-refractivity contribution in [1.82, 2.24) is 24.3 Å². The van der Waals surface area contributed by atoms with E-state index in [2.05, 4.69) is 21.7 Å². The van der Waals surface area contributed by atoms with Gasteiger partial charge in [0, 0.05) is 63.1 Å². The molecule has 9 heteroatoms. The number of rotatable bonds is 5. The van der Waals surface area contributed by atoms with Gasteiger partial charge < -0.3 is 19.7 Å². The van der Waals surface area contributed by atoms with Crippen molar-refractivity contribution in [1.29, 1.82) is 0 Å². The predicted molar refractivity (Wildman–Crippen MR) is 135 cm³/mol. The largest absolute Gasteiger partial charge is 0.345 e. The molecule has 1 aromatic heterocycles. The molecule has 0 saturated carbocycles. The van der Waals surface area contributed by atoms with E-state index in [-0.39, 0.29) is 11.9 Å². The lowest BCUT2D eigenvalue weighted by molar-refractivity contribution is 0.0827. The molecule has 2 heterocycles. The number of benzene rings is 2. The molecule has 3 aromatic rings. The quantitative estimate of drug-likeness (QED) is 0.595. The Kier molecular flexibility index (Phi) is 7.09. The molecule has 0 bridgehead atoms. The number of hydrogen-bond acceptors (Lipinski definition) is 4. The lowest BCUT2D eigenvalue weighted by Gasteiger charge is -2.34. The van der Waals surface area contributed by atoms with Crippen LogP contribution in [-0.4, -0.2) is 76.5 Å². The standard InChI is InChI=1S/C25H31ClN6O2/c1-5-32-22-10-9-18(24(33)29(3)4)15-21(22)27-23(32)16-30-11-13-31(14-12-30)25(34)28-20-8-6-7-19(26)17(20)2/h6-10,15H,5,11-14,16H2,1-4H3,(H,28,34). The highest BCUT2D eigenvalue weighted by Gasteiger charge is 2.23. The van der Waals surface area contributed by atoms with Crippen molar-refractivity contribution in [2.24, 2.45) is 0 Å². The number of nitrogens with one attached hydrogen (secondary N) is 1. The van der Waals surface area contributed by atoms with Gasteiger partial charge in [-0.1, -0.05) is 17.7 Å². The SMILES string of the molecule is CCn1c(CN2CCN(C(=O)Nc3cccc(Cl)c3C)CC2)nc2cc(C(=O)N(C)C)ccc21. The molecule has 0 radical (unpaired) electrons. The van der Waals surface area contributed by atoms with Crippen LogP contribution >= 0.6 is 11.6 Å². The third-order valence-corrected chi connectivity index (χ3v) is 6.74. The van der Waals surface area contributed by atoms with Gasteiger partial charge in [0.2, 0.25) is 0 Å². The summed E-state index contributed by atoms with van der Waals surface area (Å²) in [4.78, 5) is 35.7. The summed E-state index contributed by atoms with van der Waals surface area (Å²) in [7, 11) is 3.50. The van der Waals surface area contributed by atoms with E-state index in [1.54, 1.807) is 19.0 Å². The van der Waals surface area contributed by atoms with Gasteiger partial charge in [-0.25, -0.2) is 9.78 Å². The molecule has 1 fully saturated rings. The third kappa shape index (κ3) is 4.88. The minimum atomic E-state index is -0.107. The molecule has 3 amide bonds. The topological polar surface area (TPSA) is 73.7 Å². The van der Waals surface area contributed by atoms with E-state index in [4.69, 9.17) is 16.6 Å². The Hall–Kier alpha value is -3.10. The lowest BCUT2D eigenvalue weighted by Crippen LogP contribution is -2.49. The molecule has 2 aromatic carbocycles. The smallest absolute Gasteiger partial charge is 0.321 e. The lowest BCUT2D eigenvalue weighted by atomic mass is 10.2. The fourth-order valence-corrected chi connectivity index (χ4v) is 4.47. The molecular weight excluding hydrogens is 452 g/mol. The molecular formula is C25H31ClN6O2. The van der Waals surface area contributed by atoms with Crippen LogP contribution in [0.5, 0.6) is 0 Å². The van der Waals surface area contributed by atoms with Crippen LogP contribution < -0.4 is 5.32 Å². The van der Waals surface area contributed by atoms with Crippen LogP contribution in [0.2, 0.25) is 5.02 Å². The van der Waals surface area contributed by atoms with E-state index in [9.17, 15) is 9.59 Å². The van der Waals surface area contributed by atoms with E-state index in [0.717, 1.165) is 47.7 Å². The normalized spacial score (nSPS) is 14.4. The van der Waals surface area contributed by atoms with Gasteiger partial charge in [-0.05, 0) is 49.7 Å². The van der Waals surface area contributed by atoms with Gasteiger partial charge in [0.1, 0.15) is 5.82 Å². The summed E-state index contributed by atoms with van der Waals surface area (Å²) < 4.78 is 2.19. The molecule has 1 saturated heterocycles. The summed E-state index contributed by atoms with van der Waals surface area (Å²) in [5, 5.41) is 3.62. The van der Waals surface area contributed by atoms with Gasteiger partial charge >= 0.3 is 6.03 Å². The van der Waals surface area contributed by atoms with Crippen LogP contribution in [0.1, 0.15) is 28.7 Å². The number of halogens is 1. The number of aromatic nitrogens is 2. The van der Waals surface area contributed by atoms with Gasteiger partial charge in [-0.3, -0.25) is 9.69 Å². The van der Waals surface area contributed by atoms with Crippen LogP contribution in [0.4, 0.5) is 10.5 Å². The molecule has 1 aliphatic heterocycles. The number of urea groups is 1. The number of piperazine rings is 1. The van der Waals surface area contributed by atoms with E-state index in [1.807, 2.05) is 48.2 Å². The van der Waals surface area contributed by atoms with Crippen molar-refractivity contribution in [3.05, 3.63) is 58.4 Å². The van der Waals surface area contributed by atoms with Crippen LogP contribution in [-0.2, 0) is 13.1 Å². The highest BCUT2D eigenvalue weighted by molar-refractivity contribution is 6.31. The maximum atomic E-state index is 12.8. The molecule has 8 nitrogen and oxygen atoms in total. The summed E-state index contributed by atoms with van der Waals surface area (Å²) in [5.74, 6) is 0.941. The zero-order chi connectivity index (χ0) is 24.4. The minimum Gasteiger partial charge on any atom is -0.345 e. The number of nitrogens with zero attached hydrogens (tertiary/aromatic N) is 5. The van der Waals surface area contributed by atoms with Crippen molar-refractivity contribution in [2.45, 2.75) is 26.9 Å². The van der Waals surface area contributed by atoms with Crippen molar-refractivity contribution in [3.8, 4) is 0 Å². The monoisotopic (exact) mass is 482 g/mol. The summed E-state index contributed by atoms with van der Waals surface area (Å²) in [5.41, 5.74) is 4.11. The second-order valence-corrected chi connectivity index (χ2v) is 9.19. The summed E-state index contributed by atoms with van der Waals surface area (Å²) in [6.45, 7) is 8.30. The molecule has 1 N–H and O–H groups in total. The van der Waals surface area contributed by atoms with Crippen molar-refractivity contribution in [3.63, 3.8) is 0 Å². The first-order valence-electron chi connectivity index (χ1n) is 11.5. The highest BCUT2D eigenvalue weighted by Crippen LogP contribution is 2.24. The second-order valence-electron chi connectivity index (χ2n) is 8.78. The molecule has 0 aliphatic carbocycles. The van der Waals surface area contributed by atoms with E-state index in [0.29, 0.717) is 30.2 Å². The Bertz CT molecular complexity index is 1210.